The van der Waals surface area contributed by atoms with Gasteiger partial charge in [-0.1, -0.05) is 13.0 Å². The fourth-order valence-electron chi connectivity index (χ4n) is 1.11. The van der Waals surface area contributed by atoms with Crippen LogP contribution in [-0.2, 0) is 6.42 Å². The predicted octanol–water partition coefficient (Wildman–Crippen LogP) is 1.67. The van der Waals surface area contributed by atoms with Crippen LogP contribution in [0.2, 0.25) is 0 Å². The van der Waals surface area contributed by atoms with Crippen molar-refractivity contribution in [1.29, 1.82) is 0 Å². The quantitative estimate of drug-likeness (QED) is 0.660. The first-order valence-electron chi connectivity index (χ1n) is 3.78. The van der Waals surface area contributed by atoms with Crippen molar-refractivity contribution in [3.8, 4) is 17.2 Å². The van der Waals surface area contributed by atoms with Gasteiger partial charge in [0, 0.05) is 0 Å². The van der Waals surface area contributed by atoms with Crippen molar-refractivity contribution in [2.24, 2.45) is 0 Å². The van der Waals surface area contributed by atoms with Gasteiger partial charge in [-0.05, 0) is 18.1 Å². The Balaban J connectivity index is 3.25. The second-order valence-electron chi connectivity index (χ2n) is 2.48. The van der Waals surface area contributed by atoms with Gasteiger partial charge in [0.15, 0.2) is 11.5 Å². The molecule has 0 aliphatic rings. The summed E-state index contributed by atoms with van der Waals surface area (Å²) in [4.78, 5) is 0. The molecule has 0 amide bonds. The molecule has 0 radical (unpaired) electrons. The van der Waals surface area contributed by atoms with Gasteiger partial charge in [-0.2, -0.15) is 0 Å². The molecule has 0 spiro atoms. The Morgan fingerprint density at radius 1 is 1.33 bits per heavy atom. The second-order valence-corrected chi connectivity index (χ2v) is 2.48. The summed E-state index contributed by atoms with van der Waals surface area (Å²) in [6.07, 6.45) is 0.761. The third-order valence-electron chi connectivity index (χ3n) is 1.78. The molecule has 0 aliphatic carbocycles. The normalized spacial score (nSPS) is 9.83. The van der Waals surface area contributed by atoms with Crippen LogP contribution in [0.5, 0.6) is 17.2 Å². The lowest BCUT2D eigenvalue weighted by atomic mass is 10.1. The molecule has 0 saturated carbocycles. The lowest BCUT2D eigenvalue weighted by Gasteiger charge is -2.09. The summed E-state index contributed by atoms with van der Waals surface area (Å²) in [6, 6.07) is 3.19. The van der Waals surface area contributed by atoms with Crippen LogP contribution < -0.4 is 4.74 Å². The van der Waals surface area contributed by atoms with Crippen LogP contribution in [0, 0.1) is 0 Å². The van der Waals surface area contributed by atoms with Gasteiger partial charge in [0.1, 0.15) is 0 Å². The number of methoxy groups -OCH3 is 1. The minimum absolute atomic E-state index is 0.149. The van der Waals surface area contributed by atoms with Gasteiger partial charge in [-0.15, -0.1) is 0 Å². The van der Waals surface area contributed by atoms with Crippen molar-refractivity contribution in [1.82, 2.24) is 0 Å². The van der Waals surface area contributed by atoms with Gasteiger partial charge in [-0.25, -0.2) is 0 Å². The van der Waals surface area contributed by atoms with Crippen molar-refractivity contribution in [3.63, 3.8) is 0 Å². The summed E-state index contributed by atoms with van der Waals surface area (Å²) in [5, 5.41) is 18.5. The molecular weight excluding hydrogens is 156 g/mol. The van der Waals surface area contributed by atoms with E-state index in [1.807, 2.05) is 6.92 Å². The second kappa shape index (κ2) is 3.34. The Morgan fingerprint density at radius 2 is 2.00 bits per heavy atom. The molecule has 0 heterocycles. The first-order valence-corrected chi connectivity index (χ1v) is 3.78. The molecule has 1 aromatic carbocycles. The van der Waals surface area contributed by atoms with Crippen LogP contribution in [0.15, 0.2) is 12.1 Å². The minimum Gasteiger partial charge on any atom is -0.504 e. The number of phenols is 2. The third kappa shape index (κ3) is 1.30. The van der Waals surface area contributed by atoms with Crippen LogP contribution in [0.1, 0.15) is 12.5 Å². The first kappa shape index (κ1) is 8.71. The average molecular weight is 168 g/mol. The fraction of sp³-hybridized carbons (Fsp3) is 0.333. The standard InChI is InChI=1S/C9H12O3/c1-3-6-4-5-7(10)8(11)9(6)12-2/h4-5,10-11H,3H2,1-2H3. The number of benzene rings is 1. The van der Waals surface area contributed by atoms with Crippen LogP contribution in [0.4, 0.5) is 0 Å². The van der Waals surface area contributed by atoms with Crippen molar-refractivity contribution >= 4 is 0 Å². The maximum atomic E-state index is 9.33. The topological polar surface area (TPSA) is 49.7 Å². The molecule has 0 unspecified atom stereocenters. The minimum atomic E-state index is -0.183. The van der Waals surface area contributed by atoms with E-state index in [0.29, 0.717) is 5.75 Å². The van der Waals surface area contributed by atoms with Gasteiger partial charge in [0.25, 0.3) is 0 Å². The maximum absolute atomic E-state index is 9.33. The third-order valence-corrected chi connectivity index (χ3v) is 1.78. The molecule has 66 valence electrons. The van der Waals surface area contributed by atoms with Gasteiger partial charge in [-0.3, -0.25) is 0 Å². The molecule has 1 rings (SSSR count). The van der Waals surface area contributed by atoms with Gasteiger partial charge in [0.05, 0.1) is 7.11 Å². The monoisotopic (exact) mass is 168 g/mol. The van der Waals surface area contributed by atoms with Crippen LogP contribution in [0.3, 0.4) is 0 Å². The van der Waals surface area contributed by atoms with Crippen molar-refractivity contribution in [2.45, 2.75) is 13.3 Å². The zero-order valence-electron chi connectivity index (χ0n) is 7.16. The lowest BCUT2D eigenvalue weighted by Crippen LogP contribution is -1.90. The van der Waals surface area contributed by atoms with E-state index in [1.165, 1.54) is 13.2 Å². The molecule has 0 atom stereocenters. The molecule has 3 nitrogen and oxygen atoms in total. The number of phenolic OH excluding ortho intramolecular Hbond substituents is 2. The number of ether oxygens (including phenoxy) is 1. The Bertz CT molecular complexity index is 281. The molecule has 12 heavy (non-hydrogen) atoms. The highest BCUT2D eigenvalue weighted by Crippen LogP contribution is 2.37. The summed E-state index contributed by atoms with van der Waals surface area (Å²) < 4.78 is 4.94. The summed E-state index contributed by atoms with van der Waals surface area (Å²) >= 11 is 0. The van der Waals surface area contributed by atoms with Crippen LogP contribution >= 0.6 is 0 Å². The molecule has 0 saturated heterocycles. The molecule has 0 bridgehead atoms. The average Bonchev–Trinajstić information content (AvgIpc) is 2.09. The number of aromatic hydroxyl groups is 2. The number of aryl methyl sites for hydroxylation is 1. The maximum Gasteiger partial charge on any atom is 0.200 e. The number of hydrogen-bond acceptors (Lipinski definition) is 3. The van der Waals surface area contributed by atoms with E-state index in [-0.39, 0.29) is 11.5 Å². The molecule has 3 heteroatoms. The summed E-state index contributed by atoms with van der Waals surface area (Å²) in [5.41, 5.74) is 0.882. The highest BCUT2D eigenvalue weighted by atomic mass is 16.5. The van der Waals surface area contributed by atoms with E-state index >= 15 is 0 Å². The lowest BCUT2D eigenvalue weighted by molar-refractivity contribution is 0.348. The number of rotatable bonds is 2. The highest BCUT2D eigenvalue weighted by Gasteiger charge is 2.10. The fourth-order valence-corrected chi connectivity index (χ4v) is 1.11. The molecule has 1 aromatic rings. The zero-order chi connectivity index (χ0) is 9.14. The largest absolute Gasteiger partial charge is 0.504 e. The smallest absolute Gasteiger partial charge is 0.200 e. The Labute approximate surface area is 71.2 Å². The van der Waals surface area contributed by atoms with Crippen molar-refractivity contribution in [2.75, 3.05) is 7.11 Å². The van der Waals surface area contributed by atoms with Crippen molar-refractivity contribution in [3.05, 3.63) is 17.7 Å². The summed E-state index contributed by atoms with van der Waals surface area (Å²) in [5.74, 6) is 0.0263. The molecule has 2 N–H and O–H groups in total. The van der Waals surface area contributed by atoms with E-state index in [1.54, 1.807) is 6.07 Å². The van der Waals surface area contributed by atoms with Gasteiger partial charge in [0.2, 0.25) is 5.75 Å². The predicted molar refractivity (Wildman–Crippen MR) is 45.7 cm³/mol. The summed E-state index contributed by atoms with van der Waals surface area (Å²) in [6.45, 7) is 1.95. The Hall–Kier alpha value is -1.38. The van der Waals surface area contributed by atoms with Gasteiger partial charge >= 0.3 is 0 Å². The van der Waals surface area contributed by atoms with E-state index in [4.69, 9.17) is 9.84 Å². The molecule has 0 aromatic heterocycles. The van der Waals surface area contributed by atoms with Crippen LogP contribution in [0.25, 0.3) is 0 Å². The Kier molecular flexibility index (Phi) is 2.43. The summed E-state index contributed by atoms with van der Waals surface area (Å²) in [7, 11) is 1.47. The first-order chi connectivity index (χ1) is 5.70. The van der Waals surface area contributed by atoms with E-state index in [0.717, 1.165) is 12.0 Å². The molecule has 0 aliphatic heterocycles. The Morgan fingerprint density at radius 3 is 2.50 bits per heavy atom. The number of hydrogen-bond donors (Lipinski definition) is 2. The van der Waals surface area contributed by atoms with Crippen molar-refractivity contribution < 1.29 is 14.9 Å². The highest BCUT2D eigenvalue weighted by molar-refractivity contribution is 5.53. The SMILES string of the molecule is CCc1ccc(O)c(O)c1OC. The van der Waals surface area contributed by atoms with E-state index < -0.39 is 0 Å². The van der Waals surface area contributed by atoms with Crippen LogP contribution in [-0.4, -0.2) is 17.3 Å². The zero-order valence-corrected chi connectivity index (χ0v) is 7.16. The van der Waals surface area contributed by atoms with Gasteiger partial charge < -0.3 is 14.9 Å². The molecular formula is C9H12O3. The van der Waals surface area contributed by atoms with E-state index in [9.17, 15) is 5.11 Å². The van der Waals surface area contributed by atoms with E-state index in [2.05, 4.69) is 0 Å². The molecule has 0 fully saturated rings.